The van der Waals surface area contributed by atoms with E-state index in [-0.39, 0.29) is 18.4 Å². The molecule has 5 heteroatoms. The fourth-order valence-corrected chi connectivity index (χ4v) is 2.23. The maximum absolute atomic E-state index is 11.8. The fourth-order valence-electron chi connectivity index (χ4n) is 2.23. The minimum atomic E-state index is -0.104. The van der Waals surface area contributed by atoms with Crippen molar-refractivity contribution in [1.29, 1.82) is 0 Å². The number of unbranched alkanes of at least 4 members (excludes halogenated alkanes) is 4. The van der Waals surface area contributed by atoms with E-state index in [0.29, 0.717) is 12.1 Å². The lowest BCUT2D eigenvalue weighted by atomic mass is 10.1. The van der Waals surface area contributed by atoms with Crippen molar-refractivity contribution in [3.05, 3.63) is 29.8 Å². The van der Waals surface area contributed by atoms with Crippen molar-refractivity contribution >= 4 is 17.5 Å². The highest BCUT2D eigenvalue weighted by molar-refractivity contribution is 5.95. The van der Waals surface area contributed by atoms with Crippen molar-refractivity contribution < 1.29 is 9.59 Å². The Morgan fingerprint density at radius 3 is 2.52 bits per heavy atom. The van der Waals surface area contributed by atoms with Gasteiger partial charge in [-0.15, -0.1) is 0 Å². The van der Waals surface area contributed by atoms with Gasteiger partial charge in [0.15, 0.2) is 0 Å². The van der Waals surface area contributed by atoms with E-state index in [0.717, 1.165) is 25.1 Å². The second kappa shape index (κ2) is 11.5. The van der Waals surface area contributed by atoms with E-state index in [9.17, 15) is 9.59 Å². The summed E-state index contributed by atoms with van der Waals surface area (Å²) in [5.41, 5.74) is 1.36. The van der Waals surface area contributed by atoms with Gasteiger partial charge in [0, 0.05) is 24.3 Å². The molecule has 128 valence electrons. The first-order chi connectivity index (χ1) is 11.2. The van der Waals surface area contributed by atoms with Crippen molar-refractivity contribution in [2.24, 2.45) is 0 Å². The van der Waals surface area contributed by atoms with Gasteiger partial charge in [0.1, 0.15) is 0 Å². The molecule has 0 bridgehead atoms. The molecule has 0 aliphatic heterocycles. The van der Waals surface area contributed by atoms with E-state index in [2.05, 4.69) is 22.9 Å². The number of benzene rings is 1. The normalized spacial score (nSPS) is 10.2. The number of anilines is 1. The van der Waals surface area contributed by atoms with Crippen LogP contribution >= 0.6 is 0 Å². The van der Waals surface area contributed by atoms with Gasteiger partial charge in [0.05, 0.1) is 6.54 Å². The predicted molar refractivity (Wildman–Crippen MR) is 94.7 cm³/mol. The van der Waals surface area contributed by atoms with Crippen LogP contribution in [-0.2, 0) is 4.79 Å². The van der Waals surface area contributed by atoms with Crippen LogP contribution in [0.4, 0.5) is 5.69 Å². The molecule has 1 aromatic carbocycles. The van der Waals surface area contributed by atoms with Crippen LogP contribution in [0.2, 0.25) is 0 Å². The Morgan fingerprint density at radius 2 is 1.78 bits per heavy atom. The summed E-state index contributed by atoms with van der Waals surface area (Å²) >= 11 is 0. The van der Waals surface area contributed by atoms with Crippen LogP contribution < -0.4 is 16.0 Å². The molecule has 5 nitrogen and oxygen atoms in total. The summed E-state index contributed by atoms with van der Waals surface area (Å²) in [6.07, 6.45) is 5.91. The molecule has 0 radical (unpaired) electrons. The molecule has 1 rings (SSSR count). The molecule has 3 N–H and O–H groups in total. The molecular formula is C18H29N3O2. The highest BCUT2D eigenvalue weighted by Crippen LogP contribution is 2.10. The standard InChI is InChI=1S/C18H29N3O2/c1-3-5-6-7-8-12-20-17(22)14-21-16-11-9-10-15(13-16)18(23)19-4-2/h9-11,13,21H,3-8,12,14H2,1-2H3,(H,19,23)(H,20,22). The van der Waals surface area contributed by atoms with Gasteiger partial charge in [-0.1, -0.05) is 38.7 Å². The molecule has 0 unspecified atom stereocenters. The molecule has 0 aliphatic rings. The average molecular weight is 319 g/mol. The predicted octanol–water partition coefficient (Wildman–Crippen LogP) is 2.93. The Hall–Kier alpha value is -2.04. The number of carbonyl (C=O) groups is 2. The van der Waals surface area contributed by atoms with Crippen LogP contribution in [0.1, 0.15) is 56.3 Å². The second-order valence-electron chi connectivity index (χ2n) is 5.56. The first-order valence-corrected chi connectivity index (χ1v) is 8.56. The van der Waals surface area contributed by atoms with Crippen LogP contribution in [0, 0.1) is 0 Å². The molecule has 0 saturated heterocycles. The summed E-state index contributed by atoms with van der Waals surface area (Å²) < 4.78 is 0. The van der Waals surface area contributed by atoms with Gasteiger partial charge < -0.3 is 16.0 Å². The molecule has 2 amide bonds. The summed E-state index contributed by atoms with van der Waals surface area (Å²) in [6.45, 7) is 5.61. The number of hydrogen-bond acceptors (Lipinski definition) is 3. The quantitative estimate of drug-likeness (QED) is 0.549. The topological polar surface area (TPSA) is 70.2 Å². The van der Waals surface area contributed by atoms with E-state index in [1.807, 2.05) is 13.0 Å². The third-order valence-corrected chi connectivity index (χ3v) is 3.52. The van der Waals surface area contributed by atoms with Crippen molar-refractivity contribution in [3.63, 3.8) is 0 Å². The van der Waals surface area contributed by atoms with Crippen molar-refractivity contribution in [3.8, 4) is 0 Å². The lowest BCUT2D eigenvalue weighted by Crippen LogP contribution is -2.30. The number of rotatable bonds is 11. The van der Waals surface area contributed by atoms with Crippen LogP contribution in [0.5, 0.6) is 0 Å². The number of nitrogens with one attached hydrogen (secondary N) is 3. The Bertz CT molecular complexity index is 489. The zero-order chi connectivity index (χ0) is 16.9. The number of amides is 2. The molecule has 0 saturated carbocycles. The Morgan fingerprint density at radius 1 is 1.00 bits per heavy atom. The lowest BCUT2D eigenvalue weighted by Gasteiger charge is -2.09. The summed E-state index contributed by atoms with van der Waals surface area (Å²) in [6, 6.07) is 7.16. The Balaban J connectivity index is 2.27. The maximum Gasteiger partial charge on any atom is 0.251 e. The fraction of sp³-hybridized carbons (Fsp3) is 0.556. The highest BCUT2D eigenvalue weighted by Gasteiger charge is 2.05. The van der Waals surface area contributed by atoms with E-state index in [1.54, 1.807) is 18.2 Å². The van der Waals surface area contributed by atoms with Gasteiger partial charge in [0.25, 0.3) is 5.91 Å². The highest BCUT2D eigenvalue weighted by atomic mass is 16.2. The molecule has 0 spiro atoms. The third kappa shape index (κ3) is 8.24. The van der Waals surface area contributed by atoms with E-state index in [4.69, 9.17) is 0 Å². The van der Waals surface area contributed by atoms with Gasteiger partial charge in [-0.3, -0.25) is 9.59 Å². The zero-order valence-corrected chi connectivity index (χ0v) is 14.3. The summed E-state index contributed by atoms with van der Waals surface area (Å²) in [4.78, 5) is 23.5. The molecule has 0 aliphatic carbocycles. The SMILES string of the molecule is CCCCCCCNC(=O)CNc1cccc(C(=O)NCC)c1. The van der Waals surface area contributed by atoms with E-state index < -0.39 is 0 Å². The number of hydrogen-bond donors (Lipinski definition) is 3. The average Bonchev–Trinajstić information content (AvgIpc) is 2.56. The summed E-state index contributed by atoms with van der Waals surface area (Å²) in [5, 5.41) is 8.71. The van der Waals surface area contributed by atoms with Crippen molar-refractivity contribution in [2.75, 3.05) is 25.0 Å². The molecule has 0 atom stereocenters. The van der Waals surface area contributed by atoms with Crippen LogP contribution in [-0.4, -0.2) is 31.4 Å². The Labute approximate surface area is 139 Å². The van der Waals surface area contributed by atoms with Gasteiger partial charge in [-0.25, -0.2) is 0 Å². The summed E-state index contributed by atoms with van der Waals surface area (Å²) in [5.74, 6) is -0.128. The third-order valence-electron chi connectivity index (χ3n) is 3.52. The molecule has 0 fully saturated rings. The second-order valence-corrected chi connectivity index (χ2v) is 5.56. The molecular weight excluding hydrogens is 290 g/mol. The maximum atomic E-state index is 11.8. The molecule has 23 heavy (non-hydrogen) atoms. The monoisotopic (exact) mass is 319 g/mol. The molecule has 1 aromatic rings. The van der Waals surface area contributed by atoms with E-state index in [1.165, 1.54) is 19.3 Å². The lowest BCUT2D eigenvalue weighted by molar-refractivity contribution is -0.119. The van der Waals surface area contributed by atoms with E-state index >= 15 is 0 Å². The van der Waals surface area contributed by atoms with Crippen LogP contribution in [0.15, 0.2) is 24.3 Å². The molecule has 0 heterocycles. The number of carbonyl (C=O) groups excluding carboxylic acids is 2. The van der Waals surface area contributed by atoms with Gasteiger partial charge in [-0.05, 0) is 31.5 Å². The first kappa shape index (κ1) is 19.0. The molecule has 0 aromatic heterocycles. The minimum absolute atomic E-state index is 0.0242. The summed E-state index contributed by atoms with van der Waals surface area (Å²) in [7, 11) is 0. The largest absolute Gasteiger partial charge is 0.376 e. The van der Waals surface area contributed by atoms with Gasteiger partial charge in [0.2, 0.25) is 5.91 Å². The van der Waals surface area contributed by atoms with Gasteiger partial charge >= 0.3 is 0 Å². The van der Waals surface area contributed by atoms with Crippen molar-refractivity contribution in [2.45, 2.75) is 46.0 Å². The zero-order valence-electron chi connectivity index (χ0n) is 14.3. The van der Waals surface area contributed by atoms with Crippen molar-refractivity contribution in [1.82, 2.24) is 10.6 Å². The smallest absolute Gasteiger partial charge is 0.251 e. The minimum Gasteiger partial charge on any atom is -0.376 e. The van der Waals surface area contributed by atoms with Gasteiger partial charge in [-0.2, -0.15) is 0 Å². The Kier molecular flexibility index (Phi) is 9.52. The van der Waals surface area contributed by atoms with Crippen LogP contribution in [0.25, 0.3) is 0 Å². The van der Waals surface area contributed by atoms with Crippen LogP contribution in [0.3, 0.4) is 0 Å². The first-order valence-electron chi connectivity index (χ1n) is 8.56.